The lowest BCUT2D eigenvalue weighted by atomic mass is 10.2. The van der Waals surface area contributed by atoms with Crippen LogP contribution in [0.15, 0.2) is 18.5 Å². The highest BCUT2D eigenvalue weighted by Crippen LogP contribution is 2.32. The number of nitrogens with two attached hydrogens (primary N) is 1. The van der Waals surface area contributed by atoms with E-state index < -0.39 is 11.9 Å². The number of hydrogen-bond donors (Lipinski definition) is 2. The van der Waals surface area contributed by atoms with Gasteiger partial charge in [0.1, 0.15) is 5.52 Å². The molecule has 3 N–H and O–H groups in total. The summed E-state index contributed by atoms with van der Waals surface area (Å²) in [4.78, 5) is 4.06. The Balaban J connectivity index is 1.84. The van der Waals surface area contributed by atoms with Crippen LogP contribution in [0.5, 0.6) is 0 Å². The average molecular weight is 285 g/mol. The van der Waals surface area contributed by atoms with Gasteiger partial charge in [0.2, 0.25) is 0 Å². The van der Waals surface area contributed by atoms with Gasteiger partial charge < -0.3 is 11.1 Å². The molecule has 2 heterocycles. The Bertz CT molecular complexity index is 617. The van der Waals surface area contributed by atoms with Crippen molar-refractivity contribution in [1.29, 1.82) is 0 Å². The molecule has 0 radical (unpaired) electrons. The van der Waals surface area contributed by atoms with Gasteiger partial charge in [0, 0.05) is 31.0 Å². The summed E-state index contributed by atoms with van der Waals surface area (Å²) in [5, 5.41) is 6.51. The molecule has 0 saturated heterocycles. The van der Waals surface area contributed by atoms with Gasteiger partial charge in [0.15, 0.2) is 11.5 Å². The van der Waals surface area contributed by atoms with Gasteiger partial charge >= 0.3 is 6.18 Å². The molecule has 0 aliphatic heterocycles. The predicted molar refractivity (Wildman–Crippen MR) is 67.2 cm³/mol. The van der Waals surface area contributed by atoms with Gasteiger partial charge in [-0.1, -0.05) is 0 Å². The molecule has 1 aliphatic rings. The Kier molecular flexibility index (Phi) is 3.04. The van der Waals surface area contributed by atoms with Gasteiger partial charge in [-0.25, -0.2) is 9.50 Å². The fraction of sp³-hybridized carbons (Fsp3) is 0.500. The summed E-state index contributed by atoms with van der Waals surface area (Å²) in [6.07, 6.45) is 0.562. The molecular formula is C12H14F3N5. The lowest BCUT2D eigenvalue weighted by molar-refractivity contribution is -0.141. The number of alkyl halides is 3. The molecule has 8 heteroatoms. The molecule has 1 unspecified atom stereocenters. The number of nitrogens with zero attached hydrogens (tertiary/aromatic N) is 3. The molecule has 1 aliphatic carbocycles. The fourth-order valence-electron chi connectivity index (χ4n) is 2.10. The Morgan fingerprint density at radius 3 is 2.85 bits per heavy atom. The van der Waals surface area contributed by atoms with Gasteiger partial charge in [0.05, 0.1) is 0 Å². The van der Waals surface area contributed by atoms with E-state index in [4.69, 9.17) is 5.73 Å². The van der Waals surface area contributed by atoms with Crippen LogP contribution in [0.2, 0.25) is 0 Å². The first-order chi connectivity index (χ1) is 9.45. The summed E-state index contributed by atoms with van der Waals surface area (Å²) in [6, 6.07) is 0.986. The van der Waals surface area contributed by atoms with Crippen LogP contribution in [-0.2, 0) is 6.18 Å². The highest BCUT2D eigenvalue weighted by molar-refractivity contribution is 5.68. The number of halogens is 3. The SMILES string of the molecule is NC(CNc1nccn2nc(C(F)(F)F)cc12)C1CC1. The maximum Gasteiger partial charge on any atom is 0.435 e. The molecular weight excluding hydrogens is 271 g/mol. The highest BCUT2D eigenvalue weighted by atomic mass is 19.4. The molecule has 3 rings (SSSR count). The van der Waals surface area contributed by atoms with Crippen molar-refractivity contribution in [3.8, 4) is 0 Å². The van der Waals surface area contributed by atoms with Crippen LogP contribution in [0.4, 0.5) is 19.0 Å². The van der Waals surface area contributed by atoms with Crippen molar-refractivity contribution in [2.45, 2.75) is 25.1 Å². The molecule has 0 spiro atoms. The number of rotatable bonds is 4. The van der Waals surface area contributed by atoms with E-state index in [1.807, 2.05) is 0 Å². The van der Waals surface area contributed by atoms with E-state index in [9.17, 15) is 13.2 Å². The first kappa shape index (κ1) is 13.2. The summed E-state index contributed by atoms with van der Waals surface area (Å²) in [7, 11) is 0. The monoisotopic (exact) mass is 285 g/mol. The summed E-state index contributed by atoms with van der Waals surface area (Å²) < 4.78 is 39.1. The van der Waals surface area contributed by atoms with E-state index in [1.54, 1.807) is 0 Å². The maximum absolute atomic E-state index is 12.6. The Hall–Kier alpha value is -1.83. The number of fused-ring (bicyclic) bond motifs is 1. The van der Waals surface area contributed by atoms with Crippen LogP contribution in [-0.4, -0.2) is 27.2 Å². The first-order valence-electron chi connectivity index (χ1n) is 6.36. The van der Waals surface area contributed by atoms with E-state index in [0.29, 0.717) is 23.8 Å². The summed E-state index contributed by atoms with van der Waals surface area (Å²) in [6.45, 7) is 0.490. The van der Waals surface area contributed by atoms with Gasteiger partial charge in [-0.15, -0.1) is 0 Å². The largest absolute Gasteiger partial charge is 0.435 e. The zero-order valence-electron chi connectivity index (χ0n) is 10.6. The normalized spacial score (nSPS) is 17.4. The Labute approximate surface area is 113 Å². The molecule has 0 amide bonds. The van der Waals surface area contributed by atoms with Crippen molar-refractivity contribution in [3.63, 3.8) is 0 Å². The molecule has 5 nitrogen and oxygen atoms in total. The van der Waals surface area contributed by atoms with Crippen LogP contribution in [0.25, 0.3) is 5.52 Å². The van der Waals surface area contributed by atoms with Gasteiger partial charge in [0.25, 0.3) is 0 Å². The van der Waals surface area contributed by atoms with Crippen molar-refractivity contribution >= 4 is 11.3 Å². The molecule has 1 atom stereocenters. The molecule has 0 aromatic carbocycles. The molecule has 20 heavy (non-hydrogen) atoms. The smallest absolute Gasteiger partial charge is 0.367 e. The lowest BCUT2D eigenvalue weighted by Crippen LogP contribution is -2.31. The van der Waals surface area contributed by atoms with Crippen molar-refractivity contribution in [2.75, 3.05) is 11.9 Å². The van der Waals surface area contributed by atoms with Gasteiger partial charge in [-0.2, -0.15) is 18.3 Å². The Morgan fingerprint density at radius 1 is 1.45 bits per heavy atom. The summed E-state index contributed by atoms with van der Waals surface area (Å²) >= 11 is 0. The highest BCUT2D eigenvalue weighted by Gasteiger charge is 2.34. The van der Waals surface area contributed by atoms with Crippen molar-refractivity contribution in [2.24, 2.45) is 11.7 Å². The van der Waals surface area contributed by atoms with Gasteiger partial charge in [-0.3, -0.25) is 0 Å². The number of anilines is 1. The van der Waals surface area contributed by atoms with Crippen LogP contribution in [0, 0.1) is 5.92 Å². The topological polar surface area (TPSA) is 68.2 Å². The third-order valence-corrected chi connectivity index (χ3v) is 3.41. The second-order valence-electron chi connectivity index (χ2n) is 5.02. The van der Waals surface area contributed by atoms with E-state index in [0.717, 1.165) is 18.9 Å². The molecule has 0 bridgehead atoms. The minimum atomic E-state index is -4.46. The van der Waals surface area contributed by atoms with E-state index >= 15 is 0 Å². The predicted octanol–water partition coefficient (Wildman–Crippen LogP) is 1.90. The van der Waals surface area contributed by atoms with E-state index in [-0.39, 0.29) is 6.04 Å². The van der Waals surface area contributed by atoms with Crippen LogP contribution in [0.3, 0.4) is 0 Å². The minimum absolute atomic E-state index is 0.00191. The fourth-order valence-corrected chi connectivity index (χ4v) is 2.10. The molecule has 2 aromatic heterocycles. The number of aromatic nitrogens is 3. The number of hydrogen-bond acceptors (Lipinski definition) is 4. The van der Waals surface area contributed by atoms with Crippen molar-refractivity contribution in [3.05, 3.63) is 24.2 Å². The third kappa shape index (κ3) is 2.55. The first-order valence-corrected chi connectivity index (χ1v) is 6.36. The summed E-state index contributed by atoms with van der Waals surface area (Å²) in [5.74, 6) is 0.879. The second kappa shape index (κ2) is 4.62. The molecule has 1 fully saturated rings. The van der Waals surface area contributed by atoms with Crippen molar-refractivity contribution in [1.82, 2.24) is 14.6 Å². The molecule has 1 saturated carbocycles. The lowest BCUT2D eigenvalue weighted by Gasteiger charge is -2.12. The van der Waals surface area contributed by atoms with Gasteiger partial charge in [-0.05, 0) is 18.8 Å². The molecule has 2 aromatic rings. The van der Waals surface area contributed by atoms with E-state index in [1.165, 1.54) is 16.9 Å². The van der Waals surface area contributed by atoms with E-state index in [2.05, 4.69) is 15.4 Å². The van der Waals surface area contributed by atoms with Crippen LogP contribution in [0.1, 0.15) is 18.5 Å². The third-order valence-electron chi connectivity index (χ3n) is 3.41. The van der Waals surface area contributed by atoms with Crippen molar-refractivity contribution < 1.29 is 13.2 Å². The number of nitrogens with one attached hydrogen (secondary N) is 1. The quantitative estimate of drug-likeness (QED) is 0.900. The summed E-state index contributed by atoms with van der Waals surface area (Å²) in [5.41, 5.74) is 5.32. The standard InChI is InChI=1S/C12H14F3N5/c13-12(14,15)10-5-9-11(17-3-4-20(9)19-10)18-6-8(16)7-1-2-7/h3-5,7-8H,1-2,6,16H2,(H,17,18). The van der Waals surface area contributed by atoms with Crippen LogP contribution < -0.4 is 11.1 Å². The zero-order valence-corrected chi connectivity index (χ0v) is 10.6. The molecule has 108 valence electrons. The average Bonchev–Trinajstić information content (AvgIpc) is 3.13. The minimum Gasteiger partial charge on any atom is -0.367 e. The van der Waals surface area contributed by atoms with Crippen LogP contribution >= 0.6 is 0 Å². The maximum atomic E-state index is 12.6. The second-order valence-corrected chi connectivity index (χ2v) is 5.02. The zero-order chi connectivity index (χ0) is 14.3. The Morgan fingerprint density at radius 2 is 2.20 bits per heavy atom.